The lowest BCUT2D eigenvalue weighted by molar-refractivity contribution is 0.274. The Labute approximate surface area is 115 Å². The van der Waals surface area contributed by atoms with E-state index in [0.29, 0.717) is 0 Å². The molecule has 1 aromatic rings. The molecule has 0 bridgehead atoms. The van der Waals surface area contributed by atoms with Crippen molar-refractivity contribution in [2.24, 2.45) is 5.41 Å². The Balaban J connectivity index is 2.85. The molecule has 0 aliphatic rings. The maximum Gasteiger partial charge on any atom is 0.144 e. The maximum atomic E-state index is 13.9. The molecule has 0 heterocycles. The average Bonchev–Trinajstić information content (AvgIpc) is 2.33. The van der Waals surface area contributed by atoms with Gasteiger partial charge in [-0.25, -0.2) is 4.39 Å². The molecule has 3 heteroatoms. The molecule has 0 amide bonds. The van der Waals surface area contributed by atoms with Gasteiger partial charge >= 0.3 is 0 Å². The van der Waals surface area contributed by atoms with Crippen molar-refractivity contribution in [2.75, 3.05) is 13.1 Å². The van der Waals surface area contributed by atoms with Crippen LogP contribution >= 0.6 is 11.6 Å². The topological polar surface area (TPSA) is 12.0 Å². The molecule has 1 nitrogen and oxygen atoms in total. The van der Waals surface area contributed by atoms with Crippen LogP contribution in [0.2, 0.25) is 5.02 Å². The van der Waals surface area contributed by atoms with Gasteiger partial charge in [-0.15, -0.1) is 0 Å². The summed E-state index contributed by atoms with van der Waals surface area (Å²) in [6.45, 7) is 8.31. The van der Waals surface area contributed by atoms with Crippen molar-refractivity contribution < 1.29 is 4.39 Å². The van der Waals surface area contributed by atoms with Gasteiger partial charge < -0.3 is 5.32 Å². The Morgan fingerprint density at radius 3 is 2.67 bits per heavy atom. The molecule has 0 saturated carbocycles. The molecule has 0 radical (unpaired) electrons. The number of nitrogens with one attached hydrogen (secondary N) is 1. The first-order chi connectivity index (χ1) is 8.52. The number of rotatable bonds is 7. The van der Waals surface area contributed by atoms with E-state index in [4.69, 9.17) is 11.6 Å². The van der Waals surface area contributed by atoms with Crippen molar-refractivity contribution in [3.05, 3.63) is 34.6 Å². The lowest BCUT2D eigenvalue weighted by atomic mass is 9.79. The van der Waals surface area contributed by atoms with Gasteiger partial charge in [-0.1, -0.05) is 50.9 Å². The molecule has 18 heavy (non-hydrogen) atoms. The third-order valence-electron chi connectivity index (χ3n) is 3.30. The zero-order valence-electron chi connectivity index (χ0n) is 11.5. The van der Waals surface area contributed by atoms with Crippen molar-refractivity contribution in [1.82, 2.24) is 5.32 Å². The highest BCUT2D eigenvalue weighted by atomic mass is 35.5. The van der Waals surface area contributed by atoms with Crippen molar-refractivity contribution in [3.8, 4) is 0 Å². The summed E-state index contributed by atoms with van der Waals surface area (Å²) in [5.74, 6) is -0.266. The van der Waals surface area contributed by atoms with Crippen molar-refractivity contribution in [3.63, 3.8) is 0 Å². The second-order valence-electron chi connectivity index (χ2n) is 5.23. The minimum atomic E-state index is -0.266. The molecule has 1 atom stereocenters. The van der Waals surface area contributed by atoms with E-state index in [1.165, 1.54) is 0 Å². The standard InChI is InChI=1S/C15H23ClFN/c1-4-9-15(3,11-18-5-2)10-12-7-6-8-13(16)14(12)17/h6-8,18H,4-5,9-11H2,1-3H3. The SMILES string of the molecule is CCCC(C)(CNCC)Cc1cccc(Cl)c1F. The second-order valence-corrected chi connectivity index (χ2v) is 5.64. The molecule has 0 aliphatic carbocycles. The van der Waals surface area contributed by atoms with E-state index in [1.54, 1.807) is 6.07 Å². The van der Waals surface area contributed by atoms with Crippen LogP contribution in [-0.4, -0.2) is 13.1 Å². The highest BCUT2D eigenvalue weighted by Crippen LogP contribution is 2.30. The molecular weight excluding hydrogens is 249 g/mol. The van der Waals surface area contributed by atoms with E-state index in [0.717, 1.165) is 37.9 Å². The molecule has 0 aliphatic heterocycles. The third kappa shape index (κ3) is 4.25. The third-order valence-corrected chi connectivity index (χ3v) is 3.60. The second kappa shape index (κ2) is 7.10. The van der Waals surface area contributed by atoms with E-state index >= 15 is 0 Å². The van der Waals surface area contributed by atoms with Gasteiger partial charge in [0.2, 0.25) is 0 Å². The van der Waals surface area contributed by atoms with Gasteiger partial charge in [0.15, 0.2) is 0 Å². The van der Waals surface area contributed by atoms with Crippen LogP contribution in [0.5, 0.6) is 0 Å². The number of halogens is 2. The van der Waals surface area contributed by atoms with Crippen LogP contribution in [-0.2, 0) is 6.42 Å². The zero-order valence-corrected chi connectivity index (χ0v) is 12.3. The summed E-state index contributed by atoms with van der Waals surface area (Å²) < 4.78 is 13.9. The fourth-order valence-electron chi connectivity index (χ4n) is 2.41. The van der Waals surface area contributed by atoms with E-state index in [2.05, 4.69) is 26.1 Å². The number of hydrogen-bond acceptors (Lipinski definition) is 1. The van der Waals surface area contributed by atoms with E-state index in [-0.39, 0.29) is 16.3 Å². The fraction of sp³-hybridized carbons (Fsp3) is 0.600. The summed E-state index contributed by atoms with van der Waals surface area (Å²) in [5, 5.41) is 3.59. The van der Waals surface area contributed by atoms with Gasteiger partial charge in [-0.2, -0.15) is 0 Å². The molecule has 1 N–H and O–H groups in total. The summed E-state index contributed by atoms with van der Waals surface area (Å²) in [5.41, 5.74) is 0.798. The van der Waals surface area contributed by atoms with Crippen LogP contribution in [0, 0.1) is 11.2 Å². The van der Waals surface area contributed by atoms with Gasteiger partial charge in [-0.05, 0) is 36.4 Å². The Morgan fingerprint density at radius 1 is 1.33 bits per heavy atom. The number of benzene rings is 1. The molecule has 0 aromatic heterocycles. The van der Waals surface area contributed by atoms with Crippen LogP contribution in [0.25, 0.3) is 0 Å². The molecule has 0 spiro atoms. The first kappa shape index (κ1) is 15.5. The molecule has 1 unspecified atom stereocenters. The van der Waals surface area contributed by atoms with Gasteiger partial charge in [0.1, 0.15) is 5.82 Å². The van der Waals surface area contributed by atoms with Crippen LogP contribution in [0.1, 0.15) is 39.2 Å². The zero-order chi connectivity index (χ0) is 13.6. The Bertz CT molecular complexity index is 381. The van der Waals surface area contributed by atoms with Gasteiger partial charge in [0, 0.05) is 6.54 Å². The molecule has 1 aromatic carbocycles. The molecule has 102 valence electrons. The van der Waals surface area contributed by atoms with Crippen molar-refractivity contribution in [1.29, 1.82) is 0 Å². The molecule has 0 fully saturated rings. The monoisotopic (exact) mass is 271 g/mol. The molecule has 1 rings (SSSR count). The molecule has 0 saturated heterocycles. The predicted molar refractivity (Wildman–Crippen MR) is 76.7 cm³/mol. The van der Waals surface area contributed by atoms with E-state index in [1.807, 2.05) is 12.1 Å². The van der Waals surface area contributed by atoms with Gasteiger partial charge in [-0.3, -0.25) is 0 Å². The Kier molecular flexibility index (Phi) is 6.10. The minimum absolute atomic E-state index is 0.0796. The summed E-state index contributed by atoms with van der Waals surface area (Å²) in [6.07, 6.45) is 2.90. The summed E-state index contributed by atoms with van der Waals surface area (Å²) >= 11 is 5.83. The maximum absolute atomic E-state index is 13.9. The highest BCUT2D eigenvalue weighted by Gasteiger charge is 2.25. The van der Waals surface area contributed by atoms with Crippen molar-refractivity contribution in [2.45, 2.75) is 40.0 Å². The quantitative estimate of drug-likeness (QED) is 0.773. The van der Waals surface area contributed by atoms with Crippen LogP contribution in [0.4, 0.5) is 4.39 Å². The largest absolute Gasteiger partial charge is 0.316 e. The summed E-state index contributed by atoms with van der Waals surface area (Å²) in [6, 6.07) is 5.25. The fourth-order valence-corrected chi connectivity index (χ4v) is 2.61. The smallest absolute Gasteiger partial charge is 0.144 e. The average molecular weight is 272 g/mol. The predicted octanol–water partition coefficient (Wildman–Crippen LogP) is 4.44. The van der Waals surface area contributed by atoms with E-state index in [9.17, 15) is 4.39 Å². The van der Waals surface area contributed by atoms with Crippen LogP contribution in [0.3, 0.4) is 0 Å². The Morgan fingerprint density at radius 2 is 2.06 bits per heavy atom. The first-order valence-corrected chi connectivity index (χ1v) is 7.04. The summed E-state index contributed by atoms with van der Waals surface area (Å²) in [7, 11) is 0. The highest BCUT2D eigenvalue weighted by molar-refractivity contribution is 6.30. The van der Waals surface area contributed by atoms with Crippen LogP contribution < -0.4 is 5.32 Å². The normalized spacial score (nSPS) is 14.5. The van der Waals surface area contributed by atoms with Crippen LogP contribution in [0.15, 0.2) is 18.2 Å². The lowest BCUT2D eigenvalue weighted by Crippen LogP contribution is -2.33. The van der Waals surface area contributed by atoms with Gasteiger partial charge in [0.05, 0.1) is 5.02 Å². The van der Waals surface area contributed by atoms with Gasteiger partial charge in [0.25, 0.3) is 0 Å². The van der Waals surface area contributed by atoms with E-state index < -0.39 is 0 Å². The van der Waals surface area contributed by atoms with Crippen molar-refractivity contribution >= 4 is 11.6 Å². The first-order valence-electron chi connectivity index (χ1n) is 6.66. The lowest BCUT2D eigenvalue weighted by Gasteiger charge is -2.30. The summed E-state index contributed by atoms with van der Waals surface area (Å²) in [4.78, 5) is 0. The number of hydrogen-bond donors (Lipinski definition) is 1. The molecular formula is C15H23ClFN. The minimum Gasteiger partial charge on any atom is -0.316 e. The Hall–Kier alpha value is -0.600.